The lowest BCUT2D eigenvalue weighted by Crippen LogP contribution is -2.00. The molecule has 2 heterocycles. The average molecular weight is 321 g/mol. The molecule has 0 unspecified atom stereocenters. The van der Waals surface area contributed by atoms with Crippen molar-refractivity contribution in [2.24, 2.45) is 0 Å². The molecular formula is C17H15N5O2. The lowest BCUT2D eigenvalue weighted by molar-refractivity contribution is -0.136. The van der Waals surface area contributed by atoms with Crippen molar-refractivity contribution in [3.63, 3.8) is 0 Å². The van der Waals surface area contributed by atoms with Crippen molar-refractivity contribution in [1.82, 2.24) is 19.9 Å². The number of anilines is 1. The second-order valence-corrected chi connectivity index (χ2v) is 5.21. The number of nitrogens with two attached hydrogens (primary N) is 1. The van der Waals surface area contributed by atoms with Crippen LogP contribution in [0.5, 0.6) is 0 Å². The summed E-state index contributed by atoms with van der Waals surface area (Å²) < 4.78 is 0. The zero-order valence-electron chi connectivity index (χ0n) is 12.8. The molecule has 3 N–H and O–H groups in total. The number of nitrogen functional groups attached to an aromatic ring is 1. The molecule has 0 aliphatic heterocycles. The largest absolute Gasteiger partial charge is 0.481 e. The Kier molecular flexibility index (Phi) is 4.42. The zero-order valence-corrected chi connectivity index (χ0v) is 12.8. The molecular weight excluding hydrogens is 306 g/mol. The van der Waals surface area contributed by atoms with Gasteiger partial charge in [0.2, 0.25) is 0 Å². The molecule has 7 nitrogen and oxygen atoms in total. The third kappa shape index (κ3) is 3.52. The van der Waals surface area contributed by atoms with Crippen LogP contribution in [0.15, 0.2) is 49.2 Å². The minimum absolute atomic E-state index is 0.102. The molecule has 0 aliphatic rings. The van der Waals surface area contributed by atoms with E-state index in [1.54, 1.807) is 18.6 Å². The van der Waals surface area contributed by atoms with Crippen molar-refractivity contribution >= 4 is 11.8 Å². The predicted molar refractivity (Wildman–Crippen MR) is 88.9 cm³/mol. The highest BCUT2D eigenvalue weighted by Gasteiger charge is 2.10. The quantitative estimate of drug-likeness (QED) is 0.740. The van der Waals surface area contributed by atoms with Crippen LogP contribution >= 0.6 is 0 Å². The summed E-state index contributed by atoms with van der Waals surface area (Å²) in [6.45, 7) is 0. The van der Waals surface area contributed by atoms with Gasteiger partial charge >= 0.3 is 5.97 Å². The number of hydrogen-bond donors (Lipinski definition) is 2. The first-order valence-corrected chi connectivity index (χ1v) is 7.32. The Bertz CT molecular complexity index is 851. The van der Waals surface area contributed by atoms with E-state index in [4.69, 9.17) is 10.8 Å². The van der Waals surface area contributed by atoms with Gasteiger partial charge < -0.3 is 10.8 Å². The van der Waals surface area contributed by atoms with E-state index >= 15 is 0 Å². The summed E-state index contributed by atoms with van der Waals surface area (Å²) in [6.07, 6.45) is 6.94. The fourth-order valence-electron chi connectivity index (χ4n) is 2.26. The molecule has 24 heavy (non-hydrogen) atoms. The van der Waals surface area contributed by atoms with Crippen LogP contribution in [0.3, 0.4) is 0 Å². The van der Waals surface area contributed by atoms with Gasteiger partial charge in [-0.3, -0.25) is 4.79 Å². The molecule has 7 heteroatoms. The summed E-state index contributed by atoms with van der Waals surface area (Å²) in [5.74, 6) is -0.485. The second-order valence-electron chi connectivity index (χ2n) is 5.21. The summed E-state index contributed by atoms with van der Waals surface area (Å²) in [5, 5.41) is 8.74. The van der Waals surface area contributed by atoms with Crippen molar-refractivity contribution in [3.8, 4) is 22.5 Å². The molecule has 0 fully saturated rings. The van der Waals surface area contributed by atoms with Crippen molar-refractivity contribution < 1.29 is 9.90 Å². The first-order valence-electron chi connectivity index (χ1n) is 7.32. The number of benzene rings is 1. The summed E-state index contributed by atoms with van der Waals surface area (Å²) in [6, 6.07) is 7.47. The van der Waals surface area contributed by atoms with Gasteiger partial charge in [-0.2, -0.15) is 0 Å². The number of nitrogens with zero attached hydrogens (tertiary/aromatic N) is 4. The fraction of sp³-hybridized carbons (Fsp3) is 0.118. The van der Waals surface area contributed by atoms with Gasteiger partial charge in [0.1, 0.15) is 17.8 Å². The Morgan fingerprint density at radius 3 is 2.42 bits per heavy atom. The van der Waals surface area contributed by atoms with Crippen LogP contribution in [0.1, 0.15) is 12.0 Å². The number of carboxylic acids is 1. The number of carbonyl (C=O) groups is 1. The van der Waals surface area contributed by atoms with Crippen LogP contribution in [-0.2, 0) is 11.2 Å². The SMILES string of the molecule is Nc1ncc(-c2cncnc2)nc1-c1ccc(CCC(=O)O)cc1. The van der Waals surface area contributed by atoms with E-state index in [1.165, 1.54) is 6.33 Å². The predicted octanol–water partition coefficient (Wildman–Crippen LogP) is 2.20. The van der Waals surface area contributed by atoms with E-state index in [-0.39, 0.29) is 6.42 Å². The van der Waals surface area contributed by atoms with E-state index in [0.717, 1.165) is 16.7 Å². The first kappa shape index (κ1) is 15.5. The van der Waals surface area contributed by atoms with E-state index in [2.05, 4.69) is 19.9 Å². The molecule has 0 atom stereocenters. The smallest absolute Gasteiger partial charge is 0.303 e. The molecule has 0 saturated carbocycles. The molecule has 0 bridgehead atoms. The first-order chi connectivity index (χ1) is 11.6. The topological polar surface area (TPSA) is 115 Å². The lowest BCUT2D eigenvalue weighted by atomic mass is 10.1. The van der Waals surface area contributed by atoms with Gasteiger partial charge in [-0.05, 0) is 12.0 Å². The molecule has 120 valence electrons. The molecule has 0 spiro atoms. The normalized spacial score (nSPS) is 10.5. The third-order valence-corrected chi connectivity index (χ3v) is 3.51. The van der Waals surface area contributed by atoms with E-state index in [9.17, 15) is 4.79 Å². The Morgan fingerprint density at radius 2 is 1.75 bits per heavy atom. The Hall–Kier alpha value is -3.35. The van der Waals surface area contributed by atoms with Crippen LogP contribution < -0.4 is 5.73 Å². The lowest BCUT2D eigenvalue weighted by Gasteiger charge is -2.08. The molecule has 3 rings (SSSR count). The maximum absolute atomic E-state index is 10.6. The van der Waals surface area contributed by atoms with Crippen molar-refractivity contribution in [2.75, 3.05) is 5.73 Å². The number of aliphatic carboxylic acids is 1. The van der Waals surface area contributed by atoms with Gasteiger partial charge in [0.05, 0.1) is 11.9 Å². The fourth-order valence-corrected chi connectivity index (χ4v) is 2.26. The van der Waals surface area contributed by atoms with Crippen LogP contribution in [0, 0.1) is 0 Å². The van der Waals surface area contributed by atoms with Gasteiger partial charge in [-0.15, -0.1) is 0 Å². The third-order valence-electron chi connectivity index (χ3n) is 3.51. The second kappa shape index (κ2) is 6.82. The summed E-state index contributed by atoms with van der Waals surface area (Å²) in [5.41, 5.74) is 9.67. The van der Waals surface area contributed by atoms with E-state index in [1.807, 2.05) is 24.3 Å². The van der Waals surface area contributed by atoms with Gasteiger partial charge in [0.25, 0.3) is 0 Å². The zero-order chi connectivity index (χ0) is 16.9. The highest BCUT2D eigenvalue weighted by Crippen LogP contribution is 2.25. The van der Waals surface area contributed by atoms with Gasteiger partial charge in [-0.1, -0.05) is 24.3 Å². The number of aromatic nitrogens is 4. The van der Waals surface area contributed by atoms with Crippen LogP contribution in [0.4, 0.5) is 5.82 Å². The maximum atomic E-state index is 10.6. The number of hydrogen-bond acceptors (Lipinski definition) is 6. The molecule has 0 amide bonds. The number of carboxylic acid groups (broad SMARTS) is 1. The highest BCUT2D eigenvalue weighted by molar-refractivity contribution is 5.73. The summed E-state index contributed by atoms with van der Waals surface area (Å²) >= 11 is 0. The average Bonchev–Trinajstić information content (AvgIpc) is 2.62. The Balaban J connectivity index is 1.90. The van der Waals surface area contributed by atoms with Crippen molar-refractivity contribution in [1.29, 1.82) is 0 Å². The van der Waals surface area contributed by atoms with Gasteiger partial charge in [0, 0.05) is 29.9 Å². The van der Waals surface area contributed by atoms with E-state index in [0.29, 0.717) is 23.6 Å². The number of rotatable bonds is 5. The van der Waals surface area contributed by atoms with Crippen LogP contribution in [0.2, 0.25) is 0 Å². The molecule has 0 saturated heterocycles. The minimum Gasteiger partial charge on any atom is -0.481 e. The van der Waals surface area contributed by atoms with Crippen LogP contribution in [0.25, 0.3) is 22.5 Å². The van der Waals surface area contributed by atoms with E-state index < -0.39 is 5.97 Å². The van der Waals surface area contributed by atoms with Gasteiger partial charge in [0.15, 0.2) is 0 Å². The summed E-state index contributed by atoms with van der Waals surface area (Å²) in [7, 11) is 0. The Labute approximate surface area is 138 Å². The summed E-state index contributed by atoms with van der Waals surface area (Å²) in [4.78, 5) is 27.3. The number of aryl methyl sites for hydroxylation is 1. The monoisotopic (exact) mass is 321 g/mol. The Morgan fingerprint density at radius 1 is 1.04 bits per heavy atom. The molecule has 1 aromatic carbocycles. The minimum atomic E-state index is -0.813. The molecule has 3 aromatic rings. The highest BCUT2D eigenvalue weighted by atomic mass is 16.4. The maximum Gasteiger partial charge on any atom is 0.303 e. The molecule has 0 radical (unpaired) electrons. The van der Waals surface area contributed by atoms with Crippen molar-refractivity contribution in [3.05, 3.63) is 54.7 Å². The molecule has 2 aromatic heterocycles. The van der Waals surface area contributed by atoms with Gasteiger partial charge in [-0.25, -0.2) is 19.9 Å². The molecule has 0 aliphatic carbocycles. The standard InChI is InChI=1S/C17H15N5O2/c18-17-16(12-4-1-11(2-5-12)3-6-15(23)24)22-14(9-21-17)13-7-19-10-20-8-13/h1-2,4-5,7-10H,3,6H2,(H2,18,21)(H,23,24). The van der Waals surface area contributed by atoms with Crippen molar-refractivity contribution in [2.45, 2.75) is 12.8 Å². The van der Waals surface area contributed by atoms with Crippen LogP contribution in [-0.4, -0.2) is 31.0 Å².